The molecule has 2 aromatic carbocycles. The van der Waals surface area contributed by atoms with Gasteiger partial charge in [-0.1, -0.05) is 12.1 Å². The number of hydrogen-bond acceptors (Lipinski definition) is 10. The summed E-state index contributed by atoms with van der Waals surface area (Å²) in [5, 5.41) is 0.980. The fourth-order valence-corrected chi connectivity index (χ4v) is 7.91. The van der Waals surface area contributed by atoms with Gasteiger partial charge in [0.15, 0.2) is 12.6 Å². The summed E-state index contributed by atoms with van der Waals surface area (Å²) in [5.74, 6) is -0.625. The maximum absolute atomic E-state index is 17.1. The molecular weight excluding hydrogens is 677 g/mol. The number of fused-ring (bicyclic) bond motifs is 3. The first-order valence-corrected chi connectivity index (χ1v) is 17.7. The lowest BCUT2D eigenvalue weighted by Gasteiger charge is -2.47. The van der Waals surface area contributed by atoms with Gasteiger partial charge < -0.3 is 23.8 Å². The highest BCUT2D eigenvalue weighted by Gasteiger charge is 2.49. The molecule has 4 aromatic rings. The lowest BCUT2D eigenvalue weighted by Crippen LogP contribution is -2.62. The van der Waals surface area contributed by atoms with Gasteiger partial charge in [-0.15, -0.1) is 0 Å². The summed E-state index contributed by atoms with van der Waals surface area (Å²) in [5.41, 5.74) is -1.88. The van der Waals surface area contributed by atoms with Crippen LogP contribution >= 0.6 is 0 Å². The van der Waals surface area contributed by atoms with Gasteiger partial charge in [0.2, 0.25) is 0 Å². The summed E-state index contributed by atoms with van der Waals surface area (Å²) in [6, 6.07) is 7.70. The van der Waals surface area contributed by atoms with Crippen LogP contribution in [0.5, 0.6) is 11.8 Å². The first-order valence-electron chi connectivity index (χ1n) is 17.7. The molecule has 14 heteroatoms. The monoisotopic (exact) mass is 722 g/mol. The lowest BCUT2D eigenvalue weighted by molar-refractivity contribution is 0.000306. The molecular formula is C38H45F3N6O5. The number of rotatable bonds is 8. The van der Waals surface area contributed by atoms with E-state index >= 15 is 8.78 Å². The summed E-state index contributed by atoms with van der Waals surface area (Å²) >= 11 is 0. The first kappa shape index (κ1) is 36.0. The predicted octanol–water partition coefficient (Wildman–Crippen LogP) is 6.90. The molecule has 0 unspecified atom stereocenters. The predicted molar refractivity (Wildman–Crippen MR) is 190 cm³/mol. The van der Waals surface area contributed by atoms with Gasteiger partial charge in [0.05, 0.1) is 16.5 Å². The summed E-state index contributed by atoms with van der Waals surface area (Å²) in [6.45, 7) is 11.5. The van der Waals surface area contributed by atoms with E-state index in [4.69, 9.17) is 23.9 Å². The maximum atomic E-state index is 17.1. The number of halogens is 3. The van der Waals surface area contributed by atoms with Gasteiger partial charge in [-0.3, -0.25) is 14.8 Å². The van der Waals surface area contributed by atoms with E-state index < -0.39 is 40.6 Å². The molecule has 0 aliphatic carbocycles. The van der Waals surface area contributed by atoms with Gasteiger partial charge in [0, 0.05) is 56.9 Å². The van der Waals surface area contributed by atoms with Crippen molar-refractivity contribution in [3.05, 3.63) is 48.2 Å². The number of methoxy groups -OCH3 is 1. The largest absolute Gasteiger partial charge is 0.468 e. The number of benzene rings is 2. The molecule has 0 saturated carbocycles. The molecule has 52 heavy (non-hydrogen) atoms. The molecule has 0 spiro atoms. The molecule has 3 aliphatic rings. The molecule has 7 rings (SSSR count). The number of hydrogen-bond donors (Lipinski definition) is 0. The summed E-state index contributed by atoms with van der Waals surface area (Å²) in [4.78, 5) is 32.9. The van der Waals surface area contributed by atoms with Crippen molar-refractivity contribution in [2.24, 2.45) is 0 Å². The average molecular weight is 723 g/mol. The standard InChI is InChI=1S/C38H45F3N6O5/c1-36(2,3)52-35(48)47-14-13-45(20-37(47,4)5)33-27-18-42-31(26-16-25(51-22-49-6)15-23-9-7-10-28(40)29(23)26)30(41)32(27)43-34(44-33)50-21-38-11-8-12-46(38)19-24(39)17-38/h7,9-10,15-16,18,24H,8,11-14,17,19-22H2,1-6H3/t24-,38+/m1/s1. The topological polar surface area (TPSA) is 102 Å². The van der Waals surface area contributed by atoms with Crippen LogP contribution in [0.4, 0.5) is 23.8 Å². The van der Waals surface area contributed by atoms with Crippen LogP contribution in [0.2, 0.25) is 0 Å². The van der Waals surface area contributed by atoms with Crippen molar-refractivity contribution in [3.8, 4) is 23.0 Å². The van der Waals surface area contributed by atoms with E-state index in [0.717, 1.165) is 19.4 Å². The third kappa shape index (κ3) is 6.78. The van der Waals surface area contributed by atoms with Crippen molar-refractivity contribution in [1.29, 1.82) is 0 Å². The Bertz CT molecular complexity index is 2010. The number of carbonyl (C=O) groups excluding carboxylic acids is 1. The molecule has 278 valence electrons. The average Bonchev–Trinajstić information content (AvgIpc) is 3.60. The van der Waals surface area contributed by atoms with Crippen LogP contribution in [0.1, 0.15) is 53.9 Å². The molecule has 0 radical (unpaired) electrons. The second kappa shape index (κ2) is 13.5. The van der Waals surface area contributed by atoms with E-state index in [1.165, 1.54) is 25.4 Å². The smallest absolute Gasteiger partial charge is 0.410 e. The van der Waals surface area contributed by atoms with Crippen LogP contribution < -0.4 is 14.4 Å². The Morgan fingerprint density at radius 1 is 1.08 bits per heavy atom. The third-order valence-corrected chi connectivity index (χ3v) is 10.2. The third-order valence-electron chi connectivity index (χ3n) is 10.2. The second-order valence-corrected chi connectivity index (χ2v) is 15.6. The maximum Gasteiger partial charge on any atom is 0.410 e. The van der Waals surface area contributed by atoms with Gasteiger partial charge in [0.25, 0.3) is 0 Å². The van der Waals surface area contributed by atoms with Gasteiger partial charge >= 0.3 is 12.1 Å². The molecule has 11 nitrogen and oxygen atoms in total. The van der Waals surface area contributed by atoms with Crippen molar-refractivity contribution >= 4 is 33.6 Å². The Morgan fingerprint density at radius 3 is 2.63 bits per heavy atom. The SMILES string of the molecule is COCOc1cc(-c2ncc3c(N4CCN(C(=O)OC(C)(C)C)C(C)(C)C4)nc(OC[C@@]45CCCN4C[C@H](F)C5)nc3c2F)c2c(F)cccc2c1. The number of alkyl halides is 1. The molecule has 3 saturated heterocycles. The van der Waals surface area contributed by atoms with E-state index in [2.05, 4.69) is 14.9 Å². The van der Waals surface area contributed by atoms with Gasteiger partial charge in [0.1, 0.15) is 47.0 Å². The summed E-state index contributed by atoms with van der Waals surface area (Å²) in [7, 11) is 1.48. The number of pyridine rings is 1. The van der Waals surface area contributed by atoms with Gasteiger partial charge in [-0.05, 0) is 77.6 Å². The molecule has 3 aliphatic heterocycles. The quantitative estimate of drug-likeness (QED) is 0.179. The van der Waals surface area contributed by atoms with Gasteiger partial charge in [-0.25, -0.2) is 18.0 Å². The summed E-state index contributed by atoms with van der Waals surface area (Å²) < 4.78 is 69.8. The van der Waals surface area contributed by atoms with Crippen molar-refractivity contribution < 1.29 is 36.9 Å². The Labute approximate surface area is 301 Å². The highest BCUT2D eigenvalue weighted by Crippen LogP contribution is 2.42. The van der Waals surface area contributed by atoms with Crippen LogP contribution in [0, 0.1) is 11.6 Å². The zero-order valence-electron chi connectivity index (χ0n) is 30.5. The number of nitrogens with zero attached hydrogens (tertiary/aromatic N) is 6. The van der Waals surface area contributed by atoms with Crippen LogP contribution in [0.15, 0.2) is 36.5 Å². The fraction of sp³-hybridized carbons (Fsp3) is 0.526. The molecule has 5 heterocycles. The van der Waals surface area contributed by atoms with E-state index in [0.29, 0.717) is 54.9 Å². The lowest BCUT2D eigenvalue weighted by atomic mass is 9.95. The zero-order valence-corrected chi connectivity index (χ0v) is 30.5. The minimum Gasteiger partial charge on any atom is -0.468 e. The Balaban J connectivity index is 1.32. The normalized spacial score (nSPS) is 21.9. The van der Waals surface area contributed by atoms with Crippen molar-refractivity contribution in [3.63, 3.8) is 0 Å². The molecule has 0 N–H and O–H groups in total. The van der Waals surface area contributed by atoms with Crippen molar-refractivity contribution in [2.45, 2.75) is 76.7 Å². The fourth-order valence-electron chi connectivity index (χ4n) is 7.91. The minimum absolute atomic E-state index is 0.0647. The molecule has 2 atom stereocenters. The highest BCUT2D eigenvalue weighted by molar-refractivity contribution is 6.00. The highest BCUT2D eigenvalue weighted by atomic mass is 19.1. The second-order valence-electron chi connectivity index (χ2n) is 15.6. The number of amides is 1. The summed E-state index contributed by atoms with van der Waals surface area (Å²) in [6.07, 6.45) is 2.15. The van der Waals surface area contributed by atoms with Crippen LogP contribution in [0.25, 0.3) is 32.9 Å². The van der Waals surface area contributed by atoms with E-state index in [1.807, 2.05) is 39.5 Å². The molecule has 1 amide bonds. The van der Waals surface area contributed by atoms with E-state index in [-0.39, 0.29) is 41.6 Å². The first-order chi connectivity index (χ1) is 24.7. The molecule has 3 fully saturated rings. The van der Waals surface area contributed by atoms with E-state index in [9.17, 15) is 9.18 Å². The number of aromatic nitrogens is 3. The number of anilines is 1. The minimum atomic E-state index is -0.953. The number of carbonyl (C=O) groups is 1. The Kier molecular flexibility index (Phi) is 9.35. The molecule has 0 bridgehead atoms. The number of piperazine rings is 1. The van der Waals surface area contributed by atoms with Crippen LogP contribution in [0.3, 0.4) is 0 Å². The molecule has 2 aromatic heterocycles. The number of ether oxygens (including phenoxy) is 4. The van der Waals surface area contributed by atoms with Crippen LogP contribution in [-0.4, -0.2) is 107 Å². The van der Waals surface area contributed by atoms with Crippen molar-refractivity contribution in [2.75, 3.05) is 58.1 Å². The van der Waals surface area contributed by atoms with E-state index in [1.54, 1.807) is 23.1 Å². The van der Waals surface area contributed by atoms with Crippen LogP contribution in [-0.2, 0) is 9.47 Å². The Morgan fingerprint density at radius 2 is 1.88 bits per heavy atom. The van der Waals surface area contributed by atoms with Crippen molar-refractivity contribution in [1.82, 2.24) is 24.8 Å². The Hall–Kier alpha value is -4.43. The van der Waals surface area contributed by atoms with Gasteiger partial charge in [-0.2, -0.15) is 9.97 Å². The zero-order chi connectivity index (χ0) is 37.0.